The van der Waals surface area contributed by atoms with E-state index in [0.717, 1.165) is 19.7 Å². The van der Waals surface area contributed by atoms with Crippen LogP contribution in [0.5, 0.6) is 0 Å². The van der Waals surface area contributed by atoms with Crippen LogP contribution in [0.4, 0.5) is 0 Å². The van der Waals surface area contributed by atoms with Gasteiger partial charge in [0.1, 0.15) is 11.2 Å². The fourth-order valence-electron chi connectivity index (χ4n) is 2.62. The smallest absolute Gasteiger partial charge is 0.201 e. The van der Waals surface area contributed by atoms with Crippen molar-refractivity contribution in [2.24, 2.45) is 0 Å². The van der Waals surface area contributed by atoms with Crippen LogP contribution in [0.1, 0.15) is 0 Å². The molecule has 1 heterocycles. The minimum Gasteiger partial charge on any atom is -0.456 e. The summed E-state index contributed by atoms with van der Waals surface area (Å²) in [6.07, 6.45) is 0. The molecule has 0 amide bonds. The van der Waals surface area contributed by atoms with Crippen LogP contribution in [0.2, 0.25) is 0 Å². The van der Waals surface area contributed by atoms with Gasteiger partial charge < -0.3 is 4.42 Å². The number of hydrogen-bond donors (Lipinski definition) is 0. The van der Waals surface area contributed by atoms with Gasteiger partial charge in [0.15, 0.2) is 0 Å². The lowest BCUT2D eigenvalue weighted by atomic mass is 10.0. The van der Waals surface area contributed by atoms with Gasteiger partial charge >= 0.3 is 0 Å². The Hall–Kier alpha value is -1.65. The summed E-state index contributed by atoms with van der Waals surface area (Å²) in [6.45, 7) is 0. The average Bonchev–Trinajstić information content (AvgIpc) is 2.46. The molecule has 102 valence electrons. The van der Waals surface area contributed by atoms with E-state index in [9.17, 15) is 4.79 Å². The monoisotopic (exact) mass is 402 g/mol. The van der Waals surface area contributed by atoms with E-state index in [1.54, 1.807) is 6.07 Å². The minimum absolute atomic E-state index is 0.00618. The lowest BCUT2D eigenvalue weighted by Crippen LogP contribution is -2.02. The van der Waals surface area contributed by atoms with E-state index >= 15 is 0 Å². The normalized spacial score (nSPS) is 11.5. The number of halogens is 2. The Morgan fingerprint density at radius 3 is 2.29 bits per heavy atom. The van der Waals surface area contributed by atoms with Gasteiger partial charge in [-0.3, -0.25) is 4.79 Å². The molecule has 21 heavy (non-hydrogen) atoms. The Kier molecular flexibility index (Phi) is 2.91. The Bertz CT molecular complexity index is 1080. The topological polar surface area (TPSA) is 30.2 Å². The van der Waals surface area contributed by atoms with Crippen molar-refractivity contribution in [2.45, 2.75) is 0 Å². The van der Waals surface area contributed by atoms with Gasteiger partial charge in [-0.15, -0.1) is 0 Å². The van der Waals surface area contributed by atoms with E-state index in [2.05, 4.69) is 31.9 Å². The van der Waals surface area contributed by atoms with Gasteiger partial charge in [0, 0.05) is 8.95 Å². The molecule has 0 radical (unpaired) electrons. The highest BCUT2D eigenvalue weighted by atomic mass is 79.9. The van der Waals surface area contributed by atoms with E-state index in [0.29, 0.717) is 21.9 Å². The van der Waals surface area contributed by atoms with Crippen LogP contribution in [-0.2, 0) is 0 Å². The summed E-state index contributed by atoms with van der Waals surface area (Å²) in [5.41, 5.74) is 1.21. The predicted molar refractivity (Wildman–Crippen MR) is 92.9 cm³/mol. The van der Waals surface area contributed by atoms with Gasteiger partial charge in [-0.1, -0.05) is 44.0 Å². The zero-order valence-electron chi connectivity index (χ0n) is 10.7. The van der Waals surface area contributed by atoms with Crippen molar-refractivity contribution in [2.75, 3.05) is 0 Å². The van der Waals surface area contributed by atoms with Gasteiger partial charge in [0.05, 0.1) is 10.8 Å². The quantitative estimate of drug-likeness (QED) is 0.281. The highest BCUT2D eigenvalue weighted by Gasteiger charge is 2.11. The fraction of sp³-hybridized carbons (Fsp3) is 0. The van der Waals surface area contributed by atoms with Crippen molar-refractivity contribution in [3.63, 3.8) is 0 Å². The molecule has 0 aliphatic rings. The van der Waals surface area contributed by atoms with Crippen LogP contribution in [0, 0.1) is 0 Å². The summed E-state index contributed by atoms with van der Waals surface area (Å²) in [7, 11) is 0. The predicted octanol–water partition coefficient (Wildman–Crippen LogP) is 5.62. The summed E-state index contributed by atoms with van der Waals surface area (Å²) in [5.74, 6) is 0. The summed E-state index contributed by atoms with van der Waals surface area (Å²) in [4.78, 5) is 12.8. The molecule has 0 saturated carbocycles. The molecule has 0 aliphatic carbocycles. The number of hydrogen-bond acceptors (Lipinski definition) is 2. The van der Waals surface area contributed by atoms with Crippen LogP contribution < -0.4 is 5.43 Å². The number of fused-ring (bicyclic) bond motifs is 4. The Morgan fingerprint density at radius 1 is 0.762 bits per heavy atom. The molecule has 0 fully saturated rings. The molecule has 4 heteroatoms. The molecule has 0 spiro atoms. The molecule has 2 nitrogen and oxygen atoms in total. The SMILES string of the molecule is O=c1c2ccc(Br)cc2oc2ccc3cc(Br)ccc3c12. The minimum atomic E-state index is 0.00618. The maximum absolute atomic E-state index is 12.8. The molecule has 4 aromatic rings. The molecule has 4 rings (SSSR count). The Morgan fingerprint density at radius 2 is 1.48 bits per heavy atom. The highest BCUT2D eigenvalue weighted by molar-refractivity contribution is 9.10. The van der Waals surface area contributed by atoms with Gasteiger partial charge in [-0.05, 0) is 47.2 Å². The average molecular weight is 404 g/mol. The fourth-order valence-corrected chi connectivity index (χ4v) is 3.34. The first-order valence-corrected chi connectivity index (χ1v) is 7.96. The molecule has 0 unspecified atom stereocenters. The third-order valence-electron chi connectivity index (χ3n) is 3.58. The molecule has 1 aromatic heterocycles. The van der Waals surface area contributed by atoms with E-state index < -0.39 is 0 Å². The molecule has 0 saturated heterocycles. The summed E-state index contributed by atoms with van der Waals surface area (Å²) >= 11 is 6.86. The van der Waals surface area contributed by atoms with Crippen LogP contribution in [0.25, 0.3) is 32.7 Å². The zero-order valence-corrected chi connectivity index (χ0v) is 13.9. The molecular weight excluding hydrogens is 396 g/mol. The zero-order chi connectivity index (χ0) is 14.6. The molecule has 0 N–H and O–H groups in total. The second kappa shape index (κ2) is 4.68. The first kappa shape index (κ1) is 13.0. The van der Waals surface area contributed by atoms with E-state index in [1.807, 2.05) is 42.5 Å². The van der Waals surface area contributed by atoms with E-state index in [-0.39, 0.29) is 5.43 Å². The third-order valence-corrected chi connectivity index (χ3v) is 4.57. The van der Waals surface area contributed by atoms with Gasteiger partial charge in [-0.25, -0.2) is 0 Å². The second-order valence-corrected chi connectivity index (χ2v) is 6.71. The number of benzene rings is 3. The van der Waals surface area contributed by atoms with E-state index in [4.69, 9.17) is 4.42 Å². The largest absolute Gasteiger partial charge is 0.456 e. The molecule has 3 aromatic carbocycles. The van der Waals surface area contributed by atoms with Gasteiger partial charge in [0.2, 0.25) is 5.43 Å². The van der Waals surface area contributed by atoms with Crippen molar-refractivity contribution in [1.29, 1.82) is 0 Å². The Labute approximate surface area is 136 Å². The van der Waals surface area contributed by atoms with Crippen molar-refractivity contribution in [1.82, 2.24) is 0 Å². The van der Waals surface area contributed by atoms with Crippen LogP contribution in [0.3, 0.4) is 0 Å². The van der Waals surface area contributed by atoms with Crippen molar-refractivity contribution in [3.05, 3.63) is 67.7 Å². The summed E-state index contributed by atoms with van der Waals surface area (Å²) in [6, 6.07) is 15.2. The number of rotatable bonds is 0. The van der Waals surface area contributed by atoms with Crippen molar-refractivity contribution < 1.29 is 4.42 Å². The second-order valence-electron chi connectivity index (χ2n) is 4.88. The molecule has 0 atom stereocenters. The molecule has 0 bridgehead atoms. The maximum atomic E-state index is 12.8. The van der Waals surface area contributed by atoms with E-state index in [1.165, 1.54) is 0 Å². The van der Waals surface area contributed by atoms with Crippen LogP contribution in [0.15, 0.2) is 66.7 Å². The third kappa shape index (κ3) is 2.01. The molecule has 0 aliphatic heterocycles. The standard InChI is InChI=1S/C17H8Br2O2/c18-10-2-4-12-9(7-10)1-6-14-16(12)17(20)13-5-3-11(19)8-15(13)21-14/h1-8H. The maximum Gasteiger partial charge on any atom is 0.201 e. The first-order valence-electron chi connectivity index (χ1n) is 6.38. The highest BCUT2D eigenvalue weighted by Crippen LogP contribution is 2.28. The van der Waals surface area contributed by atoms with Gasteiger partial charge in [0.25, 0.3) is 0 Å². The lowest BCUT2D eigenvalue weighted by Gasteiger charge is -2.05. The summed E-state index contributed by atoms with van der Waals surface area (Å²) in [5, 5.41) is 3.16. The molecular formula is C17H8Br2O2. The first-order chi connectivity index (χ1) is 10.1. The van der Waals surface area contributed by atoms with Crippen molar-refractivity contribution in [3.8, 4) is 0 Å². The summed E-state index contributed by atoms with van der Waals surface area (Å²) < 4.78 is 7.78. The van der Waals surface area contributed by atoms with Crippen molar-refractivity contribution >= 4 is 64.6 Å². The lowest BCUT2D eigenvalue weighted by molar-refractivity contribution is 0.660. The van der Waals surface area contributed by atoms with Crippen LogP contribution in [-0.4, -0.2) is 0 Å². The van der Waals surface area contributed by atoms with Crippen LogP contribution >= 0.6 is 31.9 Å². The Balaban J connectivity index is 2.28. The van der Waals surface area contributed by atoms with Gasteiger partial charge in [-0.2, -0.15) is 0 Å².